The quantitative estimate of drug-likeness (QED) is 0.516. The van der Waals surface area contributed by atoms with Gasteiger partial charge in [0.1, 0.15) is 36.9 Å². The lowest BCUT2D eigenvalue weighted by molar-refractivity contribution is 0.263. The molecule has 0 spiro atoms. The van der Waals surface area contributed by atoms with Crippen LogP contribution in [0.1, 0.15) is 5.56 Å². The predicted molar refractivity (Wildman–Crippen MR) is 113 cm³/mol. The fraction of sp³-hybridized carbons (Fsp3) is 0.280. The van der Waals surface area contributed by atoms with E-state index in [4.69, 9.17) is 18.9 Å². The number of rotatable bonds is 8. The molecule has 29 heavy (non-hydrogen) atoms. The maximum absolute atomic E-state index is 5.78. The predicted octanol–water partition coefficient (Wildman–Crippen LogP) is 4.88. The fourth-order valence-corrected chi connectivity index (χ4v) is 3.34. The van der Waals surface area contributed by atoms with E-state index in [9.17, 15) is 0 Å². The number of hydrogen-bond donors (Lipinski definition) is 0. The summed E-state index contributed by atoms with van der Waals surface area (Å²) >= 11 is 0. The minimum absolute atomic E-state index is 0.273. The van der Waals surface area contributed by atoms with Crippen molar-refractivity contribution in [3.05, 3.63) is 72.3 Å². The first-order valence-electron chi connectivity index (χ1n) is 10.0. The van der Waals surface area contributed by atoms with Gasteiger partial charge in [-0.2, -0.15) is 0 Å². The number of ether oxygens (including phenoxy) is 4. The Kier molecular flexibility index (Phi) is 4.96. The average Bonchev–Trinajstić information content (AvgIpc) is 3.67. The van der Waals surface area contributed by atoms with E-state index in [1.54, 1.807) is 0 Å². The van der Waals surface area contributed by atoms with Crippen molar-refractivity contribution in [1.29, 1.82) is 0 Å². The first kappa shape index (κ1) is 18.2. The van der Waals surface area contributed by atoms with Crippen molar-refractivity contribution in [2.75, 3.05) is 26.4 Å². The highest BCUT2D eigenvalue weighted by Gasteiger charge is 2.23. The largest absolute Gasteiger partial charge is 0.491 e. The van der Waals surface area contributed by atoms with Crippen LogP contribution in [-0.2, 0) is 9.47 Å². The molecule has 2 unspecified atom stereocenters. The molecular formula is C25H24O4. The molecule has 3 aromatic carbocycles. The van der Waals surface area contributed by atoms with Crippen molar-refractivity contribution < 1.29 is 18.9 Å². The molecule has 2 aliphatic rings. The Morgan fingerprint density at radius 3 is 1.72 bits per heavy atom. The molecular weight excluding hydrogens is 364 g/mol. The zero-order valence-corrected chi connectivity index (χ0v) is 16.5. The zero-order valence-electron chi connectivity index (χ0n) is 16.5. The van der Waals surface area contributed by atoms with Gasteiger partial charge in [0.05, 0.1) is 13.2 Å². The first-order valence-corrected chi connectivity index (χ1v) is 10.0. The van der Waals surface area contributed by atoms with Crippen LogP contribution in [-0.4, -0.2) is 38.6 Å². The smallest absolute Gasteiger partial charge is 0.119 e. The molecule has 0 bridgehead atoms. The van der Waals surface area contributed by atoms with Gasteiger partial charge in [-0.15, -0.1) is 0 Å². The Bertz CT molecular complexity index is 971. The molecule has 4 heteroatoms. The van der Waals surface area contributed by atoms with Gasteiger partial charge in [-0.3, -0.25) is 0 Å². The van der Waals surface area contributed by atoms with Gasteiger partial charge in [0.25, 0.3) is 0 Å². The van der Waals surface area contributed by atoms with Crippen molar-refractivity contribution in [2.45, 2.75) is 19.1 Å². The van der Waals surface area contributed by atoms with Crippen LogP contribution in [0.15, 0.2) is 66.7 Å². The van der Waals surface area contributed by atoms with E-state index < -0.39 is 0 Å². The minimum Gasteiger partial charge on any atom is -0.491 e. The van der Waals surface area contributed by atoms with Crippen molar-refractivity contribution in [2.24, 2.45) is 0 Å². The van der Waals surface area contributed by atoms with E-state index in [1.807, 2.05) is 18.2 Å². The standard InChI is InChI=1S/C25H24O4/c1-17-12-22(27-14-24-16-29-24)10-11-25(17)20-4-2-18(3-5-20)19-6-8-21(9-7-19)26-13-23-15-28-23/h2-12,23-24H,13-16H2,1H3. The van der Waals surface area contributed by atoms with Gasteiger partial charge in [-0.1, -0.05) is 42.5 Å². The Balaban J connectivity index is 1.26. The molecule has 148 valence electrons. The Hall–Kier alpha value is -2.82. The third-order valence-electron chi connectivity index (χ3n) is 5.26. The van der Waals surface area contributed by atoms with E-state index in [2.05, 4.69) is 55.5 Å². The van der Waals surface area contributed by atoms with Crippen LogP contribution in [0, 0.1) is 6.92 Å². The summed E-state index contributed by atoms with van der Waals surface area (Å²) in [6.07, 6.45) is 0.550. The molecule has 0 N–H and O–H groups in total. The molecule has 0 saturated carbocycles. The van der Waals surface area contributed by atoms with E-state index in [-0.39, 0.29) is 12.2 Å². The van der Waals surface area contributed by atoms with Gasteiger partial charge < -0.3 is 18.9 Å². The third kappa shape index (κ3) is 4.61. The van der Waals surface area contributed by atoms with Gasteiger partial charge in [0.15, 0.2) is 0 Å². The van der Waals surface area contributed by atoms with Crippen LogP contribution in [0.4, 0.5) is 0 Å². The van der Waals surface area contributed by atoms with Crippen LogP contribution < -0.4 is 9.47 Å². The van der Waals surface area contributed by atoms with Crippen LogP contribution >= 0.6 is 0 Å². The number of hydrogen-bond acceptors (Lipinski definition) is 4. The van der Waals surface area contributed by atoms with Gasteiger partial charge in [-0.05, 0) is 59.0 Å². The molecule has 2 fully saturated rings. The maximum Gasteiger partial charge on any atom is 0.119 e. The number of aryl methyl sites for hydroxylation is 1. The highest BCUT2D eigenvalue weighted by molar-refractivity contribution is 5.72. The number of benzene rings is 3. The third-order valence-corrected chi connectivity index (χ3v) is 5.26. The van der Waals surface area contributed by atoms with E-state index in [0.717, 1.165) is 24.7 Å². The summed E-state index contributed by atoms with van der Waals surface area (Å²) < 4.78 is 21.9. The van der Waals surface area contributed by atoms with Gasteiger partial charge in [0, 0.05) is 0 Å². The first-order chi connectivity index (χ1) is 14.2. The molecule has 0 amide bonds. The normalized spacial score (nSPS) is 19.6. The van der Waals surface area contributed by atoms with E-state index in [0.29, 0.717) is 13.2 Å². The molecule has 4 nitrogen and oxygen atoms in total. The lowest BCUT2D eigenvalue weighted by Gasteiger charge is -2.11. The Morgan fingerprint density at radius 1 is 0.690 bits per heavy atom. The Labute approximate surface area is 171 Å². The summed E-state index contributed by atoms with van der Waals surface area (Å²) in [5, 5.41) is 0. The molecule has 0 aliphatic carbocycles. The zero-order chi connectivity index (χ0) is 19.6. The second-order valence-corrected chi connectivity index (χ2v) is 7.61. The summed E-state index contributed by atoms with van der Waals surface area (Å²) in [6, 6.07) is 23.1. The van der Waals surface area contributed by atoms with Crippen LogP contribution in [0.5, 0.6) is 11.5 Å². The molecule has 2 saturated heterocycles. The van der Waals surface area contributed by atoms with Crippen LogP contribution in [0.2, 0.25) is 0 Å². The number of epoxide rings is 2. The van der Waals surface area contributed by atoms with Crippen molar-refractivity contribution in [3.63, 3.8) is 0 Å². The highest BCUT2D eigenvalue weighted by Crippen LogP contribution is 2.30. The molecule has 0 radical (unpaired) electrons. The monoisotopic (exact) mass is 388 g/mol. The van der Waals surface area contributed by atoms with E-state index in [1.165, 1.54) is 27.8 Å². The van der Waals surface area contributed by atoms with Crippen molar-refractivity contribution in [3.8, 4) is 33.8 Å². The SMILES string of the molecule is Cc1cc(OCC2CO2)ccc1-c1ccc(-c2ccc(OCC3CO3)cc2)cc1. The lowest BCUT2D eigenvalue weighted by Crippen LogP contribution is -2.04. The molecule has 2 atom stereocenters. The molecule has 2 heterocycles. The summed E-state index contributed by atoms with van der Waals surface area (Å²) in [5.74, 6) is 1.78. The molecule has 5 rings (SSSR count). The summed E-state index contributed by atoms with van der Waals surface area (Å²) in [5.41, 5.74) is 5.99. The van der Waals surface area contributed by atoms with Crippen molar-refractivity contribution in [1.82, 2.24) is 0 Å². The molecule has 0 aromatic heterocycles. The van der Waals surface area contributed by atoms with Crippen LogP contribution in [0.3, 0.4) is 0 Å². The fourth-order valence-electron chi connectivity index (χ4n) is 3.34. The van der Waals surface area contributed by atoms with E-state index >= 15 is 0 Å². The minimum atomic E-state index is 0.273. The summed E-state index contributed by atoms with van der Waals surface area (Å²) in [4.78, 5) is 0. The second-order valence-electron chi connectivity index (χ2n) is 7.61. The van der Waals surface area contributed by atoms with Gasteiger partial charge in [0.2, 0.25) is 0 Å². The summed E-state index contributed by atoms with van der Waals surface area (Å²) in [7, 11) is 0. The summed E-state index contributed by atoms with van der Waals surface area (Å²) in [6.45, 7) is 5.01. The maximum atomic E-state index is 5.78. The van der Waals surface area contributed by atoms with Crippen LogP contribution in [0.25, 0.3) is 22.3 Å². The topological polar surface area (TPSA) is 43.5 Å². The van der Waals surface area contributed by atoms with Crippen molar-refractivity contribution >= 4 is 0 Å². The average molecular weight is 388 g/mol. The molecule has 3 aromatic rings. The second kappa shape index (κ2) is 7.90. The Morgan fingerprint density at radius 2 is 1.17 bits per heavy atom. The highest BCUT2D eigenvalue weighted by atomic mass is 16.6. The lowest BCUT2D eigenvalue weighted by atomic mass is 9.97. The molecule has 2 aliphatic heterocycles. The van der Waals surface area contributed by atoms with Gasteiger partial charge >= 0.3 is 0 Å². The van der Waals surface area contributed by atoms with Gasteiger partial charge in [-0.25, -0.2) is 0 Å².